The quantitative estimate of drug-likeness (QED) is 0.276. The van der Waals surface area contributed by atoms with Crippen molar-refractivity contribution in [3.63, 3.8) is 0 Å². The summed E-state index contributed by atoms with van der Waals surface area (Å²) >= 11 is 6.08. The molecule has 1 atom stereocenters. The molecule has 0 spiro atoms. The number of nitrogens with one attached hydrogen (secondary N) is 1. The molecule has 0 heterocycles. The first kappa shape index (κ1) is 16.3. The Labute approximate surface area is 122 Å². The predicted octanol–water partition coefficient (Wildman–Crippen LogP) is 3.15. The lowest BCUT2D eigenvalue weighted by Gasteiger charge is -2.17. The Bertz CT molecular complexity index is 515. The number of carbonyl (C=O) groups excluding carboxylic acids is 1. The van der Waals surface area contributed by atoms with Crippen LogP contribution < -0.4 is 5.32 Å². The Morgan fingerprint density at radius 3 is 2.95 bits per heavy atom. The van der Waals surface area contributed by atoms with E-state index in [4.69, 9.17) is 21.9 Å². The number of rotatable bonds is 7. The average molecular weight is 297 g/mol. The second kappa shape index (κ2) is 8.43. The Kier molecular flexibility index (Phi) is 6.87. The molecule has 0 aliphatic carbocycles. The fraction of sp³-hybridized carbons (Fsp3) is 0.462. The van der Waals surface area contributed by atoms with Crippen LogP contribution in [-0.2, 0) is 9.53 Å². The van der Waals surface area contributed by atoms with Gasteiger partial charge in [0.25, 0.3) is 0 Å². The van der Waals surface area contributed by atoms with Crippen molar-refractivity contribution in [1.29, 1.82) is 0 Å². The summed E-state index contributed by atoms with van der Waals surface area (Å²) in [5.41, 5.74) is 9.89. The van der Waals surface area contributed by atoms with Crippen LogP contribution in [0.3, 0.4) is 0 Å². The minimum Gasteiger partial charge on any atom is -0.465 e. The molecule has 20 heavy (non-hydrogen) atoms. The molecule has 1 aromatic carbocycles. The van der Waals surface area contributed by atoms with Gasteiger partial charge in [0.2, 0.25) is 0 Å². The molecule has 0 saturated heterocycles. The SMILES string of the molecule is CCOC(=O)C(NCCN=[N+]=[N-])c1ccc(C)c(Cl)c1. The number of esters is 1. The molecule has 108 valence electrons. The van der Waals surface area contributed by atoms with E-state index in [9.17, 15) is 4.79 Å². The summed E-state index contributed by atoms with van der Waals surface area (Å²) in [6.07, 6.45) is 0. The van der Waals surface area contributed by atoms with Crippen LogP contribution in [0.15, 0.2) is 23.3 Å². The maximum Gasteiger partial charge on any atom is 0.327 e. The Hall–Kier alpha value is -1.75. The fourth-order valence-corrected chi connectivity index (χ4v) is 1.84. The second-order valence-corrected chi connectivity index (χ2v) is 4.51. The van der Waals surface area contributed by atoms with Crippen molar-refractivity contribution in [2.24, 2.45) is 5.11 Å². The maximum absolute atomic E-state index is 12.0. The number of halogens is 1. The van der Waals surface area contributed by atoms with Crippen LogP contribution in [0.4, 0.5) is 0 Å². The number of ether oxygens (including phenoxy) is 1. The highest BCUT2D eigenvalue weighted by atomic mass is 35.5. The van der Waals surface area contributed by atoms with E-state index in [0.717, 1.165) is 11.1 Å². The molecule has 0 amide bonds. The number of hydrogen-bond donors (Lipinski definition) is 1. The van der Waals surface area contributed by atoms with E-state index < -0.39 is 6.04 Å². The summed E-state index contributed by atoms with van der Waals surface area (Å²) in [5.74, 6) is -0.381. The molecule has 0 aliphatic heterocycles. The number of nitrogens with zero attached hydrogens (tertiary/aromatic N) is 3. The van der Waals surface area contributed by atoms with Crippen molar-refractivity contribution in [3.05, 3.63) is 44.8 Å². The summed E-state index contributed by atoms with van der Waals surface area (Å²) in [7, 11) is 0. The molecule has 1 unspecified atom stereocenters. The number of aryl methyl sites for hydroxylation is 1. The van der Waals surface area contributed by atoms with Crippen molar-refractivity contribution >= 4 is 17.6 Å². The highest BCUT2D eigenvalue weighted by molar-refractivity contribution is 6.31. The monoisotopic (exact) mass is 296 g/mol. The number of hydrogen-bond acceptors (Lipinski definition) is 4. The molecule has 0 aromatic heterocycles. The van der Waals surface area contributed by atoms with Crippen LogP contribution in [0.5, 0.6) is 0 Å². The van der Waals surface area contributed by atoms with E-state index in [1.54, 1.807) is 13.0 Å². The predicted molar refractivity (Wildman–Crippen MR) is 77.6 cm³/mol. The molecule has 1 N–H and O–H groups in total. The van der Waals surface area contributed by atoms with Crippen molar-refractivity contribution in [3.8, 4) is 0 Å². The molecule has 0 bridgehead atoms. The third-order valence-corrected chi connectivity index (χ3v) is 3.08. The second-order valence-electron chi connectivity index (χ2n) is 4.10. The first-order chi connectivity index (χ1) is 9.60. The zero-order valence-corrected chi connectivity index (χ0v) is 12.2. The van der Waals surface area contributed by atoms with Gasteiger partial charge in [-0.25, -0.2) is 4.79 Å². The fourth-order valence-electron chi connectivity index (χ4n) is 1.66. The molecule has 0 fully saturated rings. The maximum atomic E-state index is 12.0. The Morgan fingerprint density at radius 2 is 2.35 bits per heavy atom. The largest absolute Gasteiger partial charge is 0.465 e. The molecule has 0 saturated carbocycles. The van der Waals surface area contributed by atoms with Gasteiger partial charge in [-0.2, -0.15) is 0 Å². The van der Waals surface area contributed by atoms with Crippen LogP contribution in [-0.4, -0.2) is 25.7 Å². The standard InChI is InChI=1S/C13H17ClN4O2/c1-3-20-13(19)12(16-6-7-17-18-15)10-5-4-9(2)11(14)8-10/h4-5,8,12,16H,3,6-7H2,1-2H3. The van der Waals surface area contributed by atoms with Gasteiger partial charge >= 0.3 is 5.97 Å². The summed E-state index contributed by atoms with van der Waals surface area (Å²) in [6.45, 7) is 4.57. The highest BCUT2D eigenvalue weighted by Gasteiger charge is 2.21. The zero-order valence-electron chi connectivity index (χ0n) is 11.5. The van der Waals surface area contributed by atoms with Crippen molar-refractivity contribution < 1.29 is 9.53 Å². The average Bonchev–Trinajstić information content (AvgIpc) is 2.42. The first-order valence-electron chi connectivity index (χ1n) is 6.27. The lowest BCUT2D eigenvalue weighted by Crippen LogP contribution is -2.32. The molecule has 1 rings (SSSR count). The van der Waals surface area contributed by atoms with Gasteiger partial charge in [0, 0.05) is 23.0 Å². The van der Waals surface area contributed by atoms with Gasteiger partial charge < -0.3 is 10.1 Å². The van der Waals surface area contributed by atoms with Gasteiger partial charge in [-0.15, -0.1) is 0 Å². The topological polar surface area (TPSA) is 87.1 Å². The summed E-state index contributed by atoms with van der Waals surface area (Å²) in [6, 6.07) is 4.78. The summed E-state index contributed by atoms with van der Waals surface area (Å²) in [5, 5.41) is 7.01. The van der Waals surface area contributed by atoms with Crippen LogP contribution >= 0.6 is 11.6 Å². The van der Waals surface area contributed by atoms with Gasteiger partial charge in [-0.1, -0.05) is 28.8 Å². The van der Waals surface area contributed by atoms with Gasteiger partial charge in [-0.05, 0) is 36.6 Å². The molecule has 6 nitrogen and oxygen atoms in total. The van der Waals surface area contributed by atoms with Crippen LogP contribution in [0, 0.1) is 6.92 Å². The molecule has 0 radical (unpaired) electrons. The van der Waals surface area contributed by atoms with Gasteiger partial charge in [-0.3, -0.25) is 0 Å². The zero-order chi connectivity index (χ0) is 15.0. The Balaban J connectivity index is 2.87. The third-order valence-electron chi connectivity index (χ3n) is 2.68. The van der Waals surface area contributed by atoms with E-state index in [2.05, 4.69) is 15.3 Å². The number of carbonyl (C=O) groups is 1. The summed E-state index contributed by atoms with van der Waals surface area (Å²) < 4.78 is 5.04. The molecular weight excluding hydrogens is 280 g/mol. The van der Waals surface area contributed by atoms with Gasteiger partial charge in [0.05, 0.1) is 6.61 Å². The van der Waals surface area contributed by atoms with Crippen molar-refractivity contribution in [2.75, 3.05) is 19.7 Å². The van der Waals surface area contributed by atoms with Crippen molar-refractivity contribution in [2.45, 2.75) is 19.9 Å². The van der Waals surface area contributed by atoms with Crippen molar-refractivity contribution in [1.82, 2.24) is 5.32 Å². The lowest BCUT2D eigenvalue weighted by atomic mass is 10.1. The number of benzene rings is 1. The van der Waals surface area contributed by atoms with Gasteiger partial charge in [0.1, 0.15) is 6.04 Å². The van der Waals surface area contributed by atoms with Gasteiger partial charge in [0.15, 0.2) is 0 Å². The van der Waals surface area contributed by atoms with Crippen LogP contribution in [0.1, 0.15) is 24.1 Å². The summed E-state index contributed by atoms with van der Waals surface area (Å²) in [4.78, 5) is 14.6. The van der Waals surface area contributed by atoms with E-state index in [-0.39, 0.29) is 12.5 Å². The molecular formula is C13H17ClN4O2. The molecule has 7 heteroatoms. The first-order valence-corrected chi connectivity index (χ1v) is 6.64. The number of azide groups is 1. The smallest absolute Gasteiger partial charge is 0.327 e. The lowest BCUT2D eigenvalue weighted by molar-refractivity contribution is -0.145. The van der Waals surface area contributed by atoms with E-state index in [1.165, 1.54) is 0 Å². The van der Waals surface area contributed by atoms with E-state index >= 15 is 0 Å². The van der Waals surface area contributed by atoms with Crippen LogP contribution in [0.2, 0.25) is 5.02 Å². The van der Waals surface area contributed by atoms with E-state index in [1.807, 2.05) is 19.1 Å². The minimum absolute atomic E-state index is 0.256. The molecule has 1 aromatic rings. The molecule has 0 aliphatic rings. The normalized spacial score (nSPS) is 11.6. The minimum atomic E-state index is -0.623. The van der Waals surface area contributed by atoms with E-state index in [0.29, 0.717) is 18.2 Å². The third kappa shape index (κ3) is 4.74. The van der Waals surface area contributed by atoms with Crippen LogP contribution in [0.25, 0.3) is 10.4 Å². The highest BCUT2D eigenvalue weighted by Crippen LogP contribution is 2.22. The Morgan fingerprint density at radius 1 is 1.60 bits per heavy atom.